The second-order valence-corrected chi connectivity index (χ2v) is 7.43. The van der Waals surface area contributed by atoms with Crippen LogP contribution < -0.4 is 25.6 Å². The fourth-order valence-corrected chi connectivity index (χ4v) is 3.46. The fraction of sp³-hybridized carbons (Fsp3) is 0.160. The first-order valence-corrected chi connectivity index (χ1v) is 10.6. The molecule has 4 amide bonds. The number of urea groups is 1. The molecule has 33 heavy (non-hydrogen) atoms. The third-order valence-corrected chi connectivity index (χ3v) is 5.05. The van der Waals surface area contributed by atoms with Crippen molar-refractivity contribution in [3.8, 4) is 5.75 Å². The van der Waals surface area contributed by atoms with Crippen molar-refractivity contribution in [3.05, 3.63) is 78.9 Å². The van der Waals surface area contributed by atoms with Gasteiger partial charge in [-0.2, -0.15) is 0 Å². The highest BCUT2D eigenvalue weighted by Crippen LogP contribution is 2.31. The van der Waals surface area contributed by atoms with Crippen molar-refractivity contribution in [2.75, 3.05) is 34.0 Å². The standard InChI is InChI=1S/C25H24N4O4/c30-23(14-15-24(31)29-16-17-33-22-9-5-4-8-21(22)29)26-19-10-12-20(13-11-19)28-25(32)27-18-6-2-1-3-7-18/h1-13H,14-17H2,(H,26,30)(H2,27,28,32). The van der Waals surface area contributed by atoms with E-state index in [0.717, 1.165) is 5.69 Å². The van der Waals surface area contributed by atoms with Crippen molar-refractivity contribution in [3.63, 3.8) is 0 Å². The topological polar surface area (TPSA) is 99.8 Å². The molecule has 0 radical (unpaired) electrons. The zero-order chi connectivity index (χ0) is 23.0. The number of para-hydroxylation sites is 3. The van der Waals surface area contributed by atoms with E-state index in [-0.39, 0.29) is 30.7 Å². The summed E-state index contributed by atoms with van der Waals surface area (Å²) in [7, 11) is 0. The molecule has 0 atom stereocenters. The van der Waals surface area contributed by atoms with Crippen LogP contribution in [0, 0.1) is 0 Å². The summed E-state index contributed by atoms with van der Waals surface area (Å²) in [6.45, 7) is 0.891. The van der Waals surface area contributed by atoms with Crippen molar-refractivity contribution in [1.82, 2.24) is 0 Å². The van der Waals surface area contributed by atoms with Gasteiger partial charge in [-0.25, -0.2) is 4.79 Å². The van der Waals surface area contributed by atoms with E-state index in [1.54, 1.807) is 41.3 Å². The number of hydrogen-bond acceptors (Lipinski definition) is 4. The summed E-state index contributed by atoms with van der Waals surface area (Å²) in [6.07, 6.45) is 0.164. The van der Waals surface area contributed by atoms with Gasteiger partial charge in [-0.3, -0.25) is 9.59 Å². The third-order valence-electron chi connectivity index (χ3n) is 5.05. The van der Waals surface area contributed by atoms with Gasteiger partial charge in [-0.05, 0) is 48.5 Å². The number of anilines is 4. The van der Waals surface area contributed by atoms with Crippen molar-refractivity contribution in [2.24, 2.45) is 0 Å². The van der Waals surface area contributed by atoms with E-state index in [1.165, 1.54) is 0 Å². The van der Waals surface area contributed by atoms with Crippen LogP contribution in [0.4, 0.5) is 27.5 Å². The number of benzene rings is 3. The minimum absolute atomic E-state index is 0.0673. The van der Waals surface area contributed by atoms with Gasteiger partial charge < -0.3 is 25.6 Å². The van der Waals surface area contributed by atoms with Gasteiger partial charge in [-0.15, -0.1) is 0 Å². The Balaban J connectivity index is 1.24. The molecule has 3 N–H and O–H groups in total. The summed E-state index contributed by atoms with van der Waals surface area (Å²) in [6, 6.07) is 22.9. The van der Waals surface area contributed by atoms with Gasteiger partial charge in [0.2, 0.25) is 11.8 Å². The predicted molar refractivity (Wildman–Crippen MR) is 128 cm³/mol. The highest BCUT2D eigenvalue weighted by atomic mass is 16.5. The van der Waals surface area contributed by atoms with Crippen LogP contribution in [-0.4, -0.2) is 31.0 Å². The number of ether oxygens (including phenoxy) is 1. The van der Waals surface area contributed by atoms with Crippen LogP contribution in [-0.2, 0) is 9.59 Å². The monoisotopic (exact) mass is 444 g/mol. The SMILES string of the molecule is O=C(CCC(=O)N1CCOc2ccccc21)Nc1ccc(NC(=O)Nc2ccccc2)cc1. The number of nitrogens with zero attached hydrogens (tertiary/aromatic N) is 1. The zero-order valence-electron chi connectivity index (χ0n) is 17.9. The summed E-state index contributed by atoms with van der Waals surface area (Å²) >= 11 is 0. The lowest BCUT2D eigenvalue weighted by Crippen LogP contribution is -2.38. The van der Waals surface area contributed by atoms with Crippen molar-refractivity contribution < 1.29 is 19.1 Å². The number of nitrogens with one attached hydrogen (secondary N) is 3. The minimum atomic E-state index is -0.360. The molecule has 0 saturated carbocycles. The van der Waals surface area contributed by atoms with Crippen molar-refractivity contribution in [2.45, 2.75) is 12.8 Å². The molecule has 3 aromatic rings. The maximum absolute atomic E-state index is 12.6. The summed E-state index contributed by atoms with van der Waals surface area (Å²) in [5, 5.41) is 8.24. The molecule has 1 aliphatic rings. The van der Waals surface area contributed by atoms with Crippen LogP contribution >= 0.6 is 0 Å². The summed E-state index contributed by atoms with van der Waals surface area (Å²) in [4.78, 5) is 38.7. The fourth-order valence-electron chi connectivity index (χ4n) is 3.46. The molecule has 0 fully saturated rings. The average Bonchev–Trinajstić information content (AvgIpc) is 2.84. The Morgan fingerprint density at radius 3 is 2.06 bits per heavy atom. The van der Waals surface area contributed by atoms with Gasteiger partial charge in [0.05, 0.1) is 12.2 Å². The second kappa shape index (κ2) is 10.3. The smallest absolute Gasteiger partial charge is 0.323 e. The second-order valence-electron chi connectivity index (χ2n) is 7.43. The Morgan fingerprint density at radius 2 is 1.33 bits per heavy atom. The normalized spacial score (nSPS) is 12.2. The Hall–Kier alpha value is -4.33. The number of hydrogen-bond donors (Lipinski definition) is 3. The molecule has 4 rings (SSSR count). The van der Waals surface area contributed by atoms with Crippen LogP contribution in [0.3, 0.4) is 0 Å². The van der Waals surface area contributed by atoms with Crippen molar-refractivity contribution in [1.29, 1.82) is 0 Å². The van der Waals surface area contributed by atoms with Crippen LogP contribution in [0.5, 0.6) is 5.75 Å². The van der Waals surface area contributed by atoms with Crippen LogP contribution in [0.1, 0.15) is 12.8 Å². The lowest BCUT2D eigenvalue weighted by molar-refractivity contribution is -0.122. The maximum atomic E-state index is 12.6. The van der Waals surface area contributed by atoms with E-state index in [2.05, 4.69) is 16.0 Å². The van der Waals surface area contributed by atoms with E-state index < -0.39 is 0 Å². The highest BCUT2D eigenvalue weighted by Gasteiger charge is 2.23. The molecular formula is C25H24N4O4. The molecule has 8 heteroatoms. The average molecular weight is 444 g/mol. The van der Waals surface area contributed by atoms with E-state index in [1.807, 2.05) is 42.5 Å². The Labute approximate surface area is 191 Å². The summed E-state index contributed by atoms with van der Waals surface area (Å²) in [5.41, 5.74) is 2.59. The van der Waals surface area contributed by atoms with E-state index in [0.29, 0.717) is 36.0 Å². The lowest BCUT2D eigenvalue weighted by atomic mass is 10.2. The molecule has 168 valence electrons. The summed E-state index contributed by atoms with van der Waals surface area (Å²) < 4.78 is 5.57. The van der Waals surface area contributed by atoms with Gasteiger partial charge in [-0.1, -0.05) is 30.3 Å². The number of rotatable bonds is 6. The molecule has 0 unspecified atom stereocenters. The van der Waals surface area contributed by atoms with Gasteiger partial charge in [0, 0.05) is 29.9 Å². The molecule has 1 heterocycles. The first-order valence-electron chi connectivity index (χ1n) is 10.6. The van der Waals surface area contributed by atoms with Crippen LogP contribution in [0.15, 0.2) is 78.9 Å². The largest absolute Gasteiger partial charge is 0.490 e. The minimum Gasteiger partial charge on any atom is -0.490 e. The highest BCUT2D eigenvalue weighted by molar-refractivity contribution is 6.01. The first-order chi connectivity index (χ1) is 16.1. The Bertz CT molecular complexity index is 1130. The molecule has 0 aromatic heterocycles. The zero-order valence-corrected chi connectivity index (χ0v) is 17.9. The van der Waals surface area contributed by atoms with E-state index in [9.17, 15) is 14.4 Å². The van der Waals surface area contributed by atoms with Crippen LogP contribution in [0.25, 0.3) is 0 Å². The first kappa shape index (κ1) is 21.9. The number of carbonyl (C=O) groups is 3. The molecule has 1 aliphatic heterocycles. The predicted octanol–water partition coefficient (Wildman–Crippen LogP) is 4.47. The quantitative estimate of drug-likeness (QED) is 0.522. The van der Waals surface area contributed by atoms with E-state index >= 15 is 0 Å². The van der Waals surface area contributed by atoms with Crippen molar-refractivity contribution >= 4 is 40.6 Å². The molecule has 8 nitrogen and oxygen atoms in total. The Morgan fingerprint density at radius 1 is 0.727 bits per heavy atom. The number of carbonyl (C=O) groups excluding carboxylic acids is 3. The maximum Gasteiger partial charge on any atom is 0.323 e. The molecule has 0 spiro atoms. The van der Waals surface area contributed by atoms with Crippen LogP contribution in [0.2, 0.25) is 0 Å². The lowest BCUT2D eigenvalue weighted by Gasteiger charge is -2.29. The molecule has 3 aromatic carbocycles. The van der Waals surface area contributed by atoms with E-state index in [4.69, 9.17) is 4.74 Å². The molecular weight excluding hydrogens is 420 g/mol. The Kier molecular flexibility index (Phi) is 6.84. The molecule has 0 saturated heterocycles. The van der Waals surface area contributed by atoms with Gasteiger partial charge in [0.15, 0.2) is 0 Å². The van der Waals surface area contributed by atoms with Gasteiger partial charge in [0.1, 0.15) is 12.4 Å². The summed E-state index contributed by atoms with van der Waals surface area (Å²) in [5.74, 6) is 0.296. The molecule has 0 aliphatic carbocycles. The third kappa shape index (κ3) is 5.88. The number of fused-ring (bicyclic) bond motifs is 1. The van der Waals surface area contributed by atoms with Gasteiger partial charge in [0.25, 0.3) is 0 Å². The number of amides is 4. The van der Waals surface area contributed by atoms with Gasteiger partial charge >= 0.3 is 6.03 Å². The molecule has 0 bridgehead atoms.